The monoisotopic (exact) mass is 315 g/mol. The number of fused-ring (bicyclic) bond motifs is 1. The molecule has 0 saturated heterocycles. The van der Waals surface area contributed by atoms with Crippen LogP contribution in [0.25, 0.3) is 0 Å². The number of rotatable bonds is 3. The molecule has 0 unspecified atom stereocenters. The van der Waals surface area contributed by atoms with Gasteiger partial charge in [-0.1, -0.05) is 58.4 Å². The number of Topliss-reactive ketones (excluding diaryl/α,β-unsaturated/α-hetero) is 1. The summed E-state index contributed by atoms with van der Waals surface area (Å²) < 4.78 is 0.872. The van der Waals surface area contributed by atoms with Crippen LogP contribution in [0.15, 0.2) is 53.0 Å². The van der Waals surface area contributed by atoms with E-state index in [0.29, 0.717) is 6.54 Å². The predicted molar refractivity (Wildman–Crippen MR) is 79.0 cm³/mol. The third-order valence-corrected chi connectivity index (χ3v) is 4.14. The van der Waals surface area contributed by atoms with Crippen LogP contribution in [0.5, 0.6) is 0 Å². The summed E-state index contributed by atoms with van der Waals surface area (Å²) in [5, 5.41) is 0. The quantitative estimate of drug-likeness (QED) is 0.806. The zero-order chi connectivity index (χ0) is 13.2. The Morgan fingerprint density at radius 3 is 2.21 bits per heavy atom. The van der Waals surface area contributed by atoms with Gasteiger partial charge in [0.15, 0.2) is 5.78 Å². The van der Waals surface area contributed by atoms with Gasteiger partial charge in [0, 0.05) is 23.1 Å². The minimum Gasteiger partial charge on any atom is -0.293 e. The van der Waals surface area contributed by atoms with Crippen molar-refractivity contribution >= 4 is 21.7 Å². The van der Waals surface area contributed by atoms with Crippen molar-refractivity contribution in [1.82, 2.24) is 4.90 Å². The van der Waals surface area contributed by atoms with Gasteiger partial charge in [0.2, 0.25) is 0 Å². The topological polar surface area (TPSA) is 20.3 Å². The van der Waals surface area contributed by atoms with Crippen LogP contribution in [0.2, 0.25) is 0 Å². The number of hydrogen-bond donors (Lipinski definition) is 0. The molecule has 2 nitrogen and oxygen atoms in total. The van der Waals surface area contributed by atoms with Crippen LogP contribution in [0.1, 0.15) is 21.5 Å². The molecule has 96 valence electrons. The lowest BCUT2D eigenvalue weighted by Crippen LogP contribution is -2.25. The van der Waals surface area contributed by atoms with E-state index in [1.54, 1.807) is 0 Å². The van der Waals surface area contributed by atoms with E-state index in [4.69, 9.17) is 0 Å². The van der Waals surface area contributed by atoms with Gasteiger partial charge in [0.05, 0.1) is 6.54 Å². The first kappa shape index (κ1) is 12.6. The molecule has 3 rings (SSSR count). The summed E-state index contributed by atoms with van der Waals surface area (Å²) in [6, 6.07) is 16.0. The second kappa shape index (κ2) is 5.27. The molecule has 0 aliphatic carbocycles. The van der Waals surface area contributed by atoms with E-state index in [9.17, 15) is 4.79 Å². The fraction of sp³-hybridized carbons (Fsp3) is 0.188. The van der Waals surface area contributed by atoms with Crippen LogP contribution < -0.4 is 0 Å². The molecule has 0 spiro atoms. The Hall–Kier alpha value is -1.45. The Bertz CT molecular complexity index is 599. The van der Waals surface area contributed by atoms with E-state index >= 15 is 0 Å². The first-order valence-electron chi connectivity index (χ1n) is 6.31. The number of carbonyl (C=O) groups is 1. The van der Waals surface area contributed by atoms with Gasteiger partial charge >= 0.3 is 0 Å². The van der Waals surface area contributed by atoms with Crippen LogP contribution in [0, 0.1) is 0 Å². The molecule has 1 heterocycles. The normalized spacial score (nSPS) is 14.4. The maximum atomic E-state index is 12.3. The number of benzene rings is 2. The van der Waals surface area contributed by atoms with E-state index in [1.807, 2.05) is 24.3 Å². The van der Waals surface area contributed by atoms with Crippen molar-refractivity contribution in [3.05, 3.63) is 69.7 Å². The Balaban J connectivity index is 1.71. The maximum absolute atomic E-state index is 12.3. The van der Waals surface area contributed by atoms with Crippen molar-refractivity contribution in [2.75, 3.05) is 6.54 Å². The molecule has 0 saturated carbocycles. The van der Waals surface area contributed by atoms with Crippen molar-refractivity contribution in [2.24, 2.45) is 0 Å². The van der Waals surface area contributed by atoms with Crippen molar-refractivity contribution in [3.63, 3.8) is 0 Å². The third-order valence-electron chi connectivity index (χ3n) is 3.45. The number of hydrogen-bond acceptors (Lipinski definition) is 2. The van der Waals surface area contributed by atoms with E-state index in [-0.39, 0.29) is 5.78 Å². The molecule has 1 aliphatic rings. The van der Waals surface area contributed by atoms with Gasteiger partial charge in [-0.15, -0.1) is 0 Å². The summed E-state index contributed by atoms with van der Waals surface area (Å²) in [7, 11) is 0. The molecule has 0 bridgehead atoms. The molecule has 3 heteroatoms. The largest absolute Gasteiger partial charge is 0.293 e. The van der Waals surface area contributed by atoms with Gasteiger partial charge in [0.1, 0.15) is 0 Å². The van der Waals surface area contributed by atoms with E-state index in [1.165, 1.54) is 11.1 Å². The average Bonchev–Trinajstić information content (AvgIpc) is 2.81. The number of carbonyl (C=O) groups excluding carboxylic acids is 1. The number of ketones is 1. The van der Waals surface area contributed by atoms with E-state index in [2.05, 4.69) is 45.1 Å². The molecule has 0 atom stereocenters. The van der Waals surface area contributed by atoms with Gasteiger partial charge in [-0.25, -0.2) is 0 Å². The standard InChI is InChI=1S/C16H14BrNO/c17-15-8-4-3-7-14(15)16(19)11-18-9-12-5-1-2-6-13(12)10-18/h1-8H,9-11H2. The molecule has 0 amide bonds. The van der Waals surface area contributed by atoms with Gasteiger partial charge in [-0.05, 0) is 17.2 Å². The molecular formula is C16H14BrNO. The summed E-state index contributed by atoms with van der Waals surface area (Å²) in [6.45, 7) is 2.20. The molecule has 1 aliphatic heterocycles. The molecule has 0 fully saturated rings. The molecule has 2 aromatic rings. The van der Waals surface area contributed by atoms with Crippen LogP contribution in [-0.2, 0) is 13.1 Å². The fourth-order valence-corrected chi connectivity index (χ4v) is 3.00. The Labute approximate surface area is 121 Å². The number of halogens is 1. The highest BCUT2D eigenvalue weighted by Crippen LogP contribution is 2.23. The lowest BCUT2D eigenvalue weighted by molar-refractivity contribution is 0.0929. The van der Waals surface area contributed by atoms with Gasteiger partial charge < -0.3 is 0 Å². The average molecular weight is 316 g/mol. The fourth-order valence-electron chi connectivity index (χ4n) is 2.49. The first-order chi connectivity index (χ1) is 9.24. The zero-order valence-corrected chi connectivity index (χ0v) is 12.1. The highest BCUT2D eigenvalue weighted by atomic mass is 79.9. The molecule has 0 aromatic heterocycles. The Kier molecular flexibility index (Phi) is 3.49. The molecule has 0 radical (unpaired) electrons. The van der Waals surface area contributed by atoms with Crippen LogP contribution >= 0.6 is 15.9 Å². The summed E-state index contributed by atoms with van der Waals surface area (Å²) in [5.41, 5.74) is 3.43. The van der Waals surface area contributed by atoms with E-state index in [0.717, 1.165) is 23.1 Å². The first-order valence-corrected chi connectivity index (χ1v) is 7.10. The van der Waals surface area contributed by atoms with Crippen molar-refractivity contribution in [1.29, 1.82) is 0 Å². The predicted octanol–water partition coefficient (Wildman–Crippen LogP) is 3.65. The van der Waals surface area contributed by atoms with Crippen molar-refractivity contribution in [2.45, 2.75) is 13.1 Å². The lowest BCUT2D eigenvalue weighted by atomic mass is 10.1. The van der Waals surface area contributed by atoms with E-state index < -0.39 is 0 Å². The second-order valence-electron chi connectivity index (χ2n) is 4.82. The number of nitrogens with zero attached hydrogens (tertiary/aromatic N) is 1. The second-order valence-corrected chi connectivity index (χ2v) is 5.67. The Morgan fingerprint density at radius 2 is 1.58 bits per heavy atom. The summed E-state index contributed by atoms with van der Waals surface area (Å²) in [5.74, 6) is 0.167. The third kappa shape index (κ3) is 2.62. The molecule has 19 heavy (non-hydrogen) atoms. The highest BCUT2D eigenvalue weighted by molar-refractivity contribution is 9.10. The van der Waals surface area contributed by atoms with Crippen molar-refractivity contribution in [3.8, 4) is 0 Å². The maximum Gasteiger partial charge on any atom is 0.177 e. The molecule has 0 N–H and O–H groups in total. The SMILES string of the molecule is O=C(CN1Cc2ccccc2C1)c1ccccc1Br. The molecule has 2 aromatic carbocycles. The lowest BCUT2D eigenvalue weighted by Gasteiger charge is -2.14. The Morgan fingerprint density at radius 1 is 1.00 bits per heavy atom. The van der Waals surface area contributed by atoms with Crippen molar-refractivity contribution < 1.29 is 4.79 Å². The highest BCUT2D eigenvalue weighted by Gasteiger charge is 2.21. The van der Waals surface area contributed by atoms with Crippen LogP contribution in [-0.4, -0.2) is 17.2 Å². The van der Waals surface area contributed by atoms with Gasteiger partial charge in [-0.2, -0.15) is 0 Å². The van der Waals surface area contributed by atoms with Gasteiger partial charge in [0.25, 0.3) is 0 Å². The van der Waals surface area contributed by atoms with Crippen LogP contribution in [0.3, 0.4) is 0 Å². The molecular weight excluding hydrogens is 302 g/mol. The smallest absolute Gasteiger partial charge is 0.177 e. The minimum atomic E-state index is 0.167. The van der Waals surface area contributed by atoms with Gasteiger partial charge in [-0.3, -0.25) is 9.69 Å². The zero-order valence-electron chi connectivity index (χ0n) is 10.5. The minimum absolute atomic E-state index is 0.167. The summed E-state index contributed by atoms with van der Waals surface area (Å²) >= 11 is 3.44. The van der Waals surface area contributed by atoms with Crippen LogP contribution in [0.4, 0.5) is 0 Å². The summed E-state index contributed by atoms with van der Waals surface area (Å²) in [6.07, 6.45) is 0. The summed E-state index contributed by atoms with van der Waals surface area (Å²) in [4.78, 5) is 14.5.